The summed E-state index contributed by atoms with van der Waals surface area (Å²) in [5.74, 6) is -0.370. The molecule has 1 atom stereocenters. The van der Waals surface area contributed by atoms with E-state index >= 15 is 0 Å². The topological polar surface area (TPSA) is 77.8 Å². The van der Waals surface area contributed by atoms with E-state index in [-0.39, 0.29) is 12.5 Å². The summed E-state index contributed by atoms with van der Waals surface area (Å²) in [4.78, 5) is 10.4. The lowest BCUT2D eigenvalue weighted by atomic mass is 9.93. The molecule has 0 bridgehead atoms. The van der Waals surface area contributed by atoms with Crippen molar-refractivity contribution in [2.45, 2.75) is 47.0 Å². The summed E-state index contributed by atoms with van der Waals surface area (Å²) in [6, 6.07) is 0. The Bertz CT molecular complexity index is 178. The first-order valence-corrected chi connectivity index (χ1v) is 6.31. The Labute approximate surface area is 105 Å². The summed E-state index contributed by atoms with van der Waals surface area (Å²) in [5.41, 5.74) is 0. The van der Waals surface area contributed by atoms with Gasteiger partial charge in [0.2, 0.25) is 0 Å². The van der Waals surface area contributed by atoms with E-state index < -0.39 is 11.9 Å². The van der Waals surface area contributed by atoms with E-state index in [9.17, 15) is 4.79 Å². The van der Waals surface area contributed by atoms with Gasteiger partial charge in [0.1, 0.15) is 0 Å². The van der Waals surface area contributed by atoms with Crippen molar-refractivity contribution in [1.29, 1.82) is 0 Å². The maximum Gasteiger partial charge on any atom is 0.306 e. The predicted molar refractivity (Wildman–Crippen MR) is 68.8 cm³/mol. The first kappa shape index (κ1) is 18.7. The molecule has 0 aromatic rings. The molecule has 1 unspecified atom stereocenters. The largest absolute Gasteiger partial charge is 0.481 e. The van der Waals surface area contributed by atoms with Crippen LogP contribution in [0.1, 0.15) is 47.0 Å². The monoisotopic (exact) mass is 248 g/mol. The first-order valence-electron chi connectivity index (χ1n) is 6.31. The number of aliphatic carboxylic acids is 1. The van der Waals surface area contributed by atoms with Gasteiger partial charge in [-0.1, -0.05) is 27.7 Å². The molecule has 0 amide bonds. The van der Waals surface area contributed by atoms with Gasteiger partial charge in [-0.2, -0.15) is 0 Å². The molecule has 3 N–H and O–H groups in total. The molecule has 104 valence electrons. The highest BCUT2D eigenvalue weighted by molar-refractivity contribution is 5.70. The third kappa shape index (κ3) is 13.3. The number of hydrogen-bond donors (Lipinski definition) is 3. The molecule has 4 heteroatoms. The minimum Gasteiger partial charge on any atom is -0.481 e. The van der Waals surface area contributed by atoms with Gasteiger partial charge in [0.15, 0.2) is 0 Å². The lowest BCUT2D eigenvalue weighted by molar-refractivity contribution is -0.143. The Kier molecular flexibility index (Phi) is 13.1. The Balaban J connectivity index is 0. The van der Waals surface area contributed by atoms with Crippen molar-refractivity contribution in [3.8, 4) is 0 Å². The van der Waals surface area contributed by atoms with Crippen LogP contribution in [0.4, 0.5) is 0 Å². The zero-order chi connectivity index (χ0) is 13.8. The predicted octanol–water partition coefficient (Wildman–Crippen LogP) is 2.14. The Morgan fingerprint density at radius 1 is 1.00 bits per heavy atom. The SMILES string of the molecule is CC(C)C(CCO)C(=O)O.CC(C)CCCO. The van der Waals surface area contributed by atoms with Gasteiger partial charge >= 0.3 is 5.97 Å². The average Bonchev–Trinajstić information content (AvgIpc) is 2.22. The number of hydrogen-bond acceptors (Lipinski definition) is 3. The number of carbonyl (C=O) groups is 1. The highest BCUT2D eigenvalue weighted by Crippen LogP contribution is 2.14. The van der Waals surface area contributed by atoms with Gasteiger partial charge in [0, 0.05) is 13.2 Å². The van der Waals surface area contributed by atoms with Gasteiger partial charge in [-0.3, -0.25) is 4.79 Å². The number of carboxylic acids is 1. The Morgan fingerprint density at radius 2 is 1.53 bits per heavy atom. The zero-order valence-electron chi connectivity index (χ0n) is 11.5. The molecule has 4 nitrogen and oxygen atoms in total. The van der Waals surface area contributed by atoms with E-state index in [2.05, 4.69) is 13.8 Å². The van der Waals surface area contributed by atoms with Gasteiger partial charge in [-0.15, -0.1) is 0 Å². The molecule has 17 heavy (non-hydrogen) atoms. The summed E-state index contributed by atoms with van der Waals surface area (Å²) in [7, 11) is 0. The third-order valence-electron chi connectivity index (χ3n) is 2.50. The van der Waals surface area contributed by atoms with Gasteiger partial charge in [0.25, 0.3) is 0 Å². The van der Waals surface area contributed by atoms with Crippen LogP contribution in [0, 0.1) is 17.8 Å². The van der Waals surface area contributed by atoms with Gasteiger partial charge in [0.05, 0.1) is 5.92 Å². The molecule has 0 aliphatic heterocycles. The fraction of sp³-hybridized carbons (Fsp3) is 0.923. The highest BCUT2D eigenvalue weighted by atomic mass is 16.4. The standard InChI is InChI=1S/C7H14O3.C6H14O/c1-5(2)6(3-4-8)7(9)10;1-6(2)4-3-5-7/h5-6,8H,3-4H2,1-2H3,(H,9,10);6-7H,3-5H2,1-2H3. The van der Waals surface area contributed by atoms with E-state index in [1.54, 1.807) is 0 Å². The molecule has 0 aromatic heterocycles. The molecule has 0 aliphatic carbocycles. The number of rotatable bonds is 7. The van der Waals surface area contributed by atoms with Crippen LogP contribution in [-0.2, 0) is 4.79 Å². The third-order valence-corrected chi connectivity index (χ3v) is 2.50. The second-order valence-electron chi connectivity index (χ2n) is 4.96. The van der Waals surface area contributed by atoms with E-state index in [0.717, 1.165) is 18.8 Å². The molecular formula is C13H28O4. The van der Waals surface area contributed by atoms with Crippen LogP contribution in [0.15, 0.2) is 0 Å². The van der Waals surface area contributed by atoms with Crippen molar-refractivity contribution in [2.24, 2.45) is 17.8 Å². The molecule has 0 spiro atoms. The number of aliphatic hydroxyl groups excluding tert-OH is 2. The van der Waals surface area contributed by atoms with Crippen LogP contribution in [0.3, 0.4) is 0 Å². The van der Waals surface area contributed by atoms with Crippen LogP contribution in [0.2, 0.25) is 0 Å². The highest BCUT2D eigenvalue weighted by Gasteiger charge is 2.19. The summed E-state index contributed by atoms with van der Waals surface area (Å²) >= 11 is 0. The van der Waals surface area contributed by atoms with E-state index in [0.29, 0.717) is 13.0 Å². The minimum atomic E-state index is -0.816. The van der Waals surface area contributed by atoms with Crippen LogP contribution in [0.5, 0.6) is 0 Å². The Hall–Kier alpha value is -0.610. The van der Waals surface area contributed by atoms with E-state index in [4.69, 9.17) is 15.3 Å². The summed E-state index contributed by atoms with van der Waals surface area (Å²) in [6.45, 7) is 8.31. The Morgan fingerprint density at radius 3 is 1.65 bits per heavy atom. The van der Waals surface area contributed by atoms with Gasteiger partial charge in [-0.25, -0.2) is 0 Å². The molecule has 0 aromatic carbocycles. The summed E-state index contributed by atoms with van der Waals surface area (Å²) < 4.78 is 0. The second kappa shape index (κ2) is 11.9. The van der Waals surface area contributed by atoms with Crippen molar-refractivity contribution in [3.63, 3.8) is 0 Å². The van der Waals surface area contributed by atoms with Crippen molar-refractivity contribution in [2.75, 3.05) is 13.2 Å². The maximum absolute atomic E-state index is 10.4. The maximum atomic E-state index is 10.4. The fourth-order valence-electron chi connectivity index (χ4n) is 1.38. The van der Waals surface area contributed by atoms with E-state index in [1.807, 2.05) is 13.8 Å². The number of carboxylic acid groups (broad SMARTS) is 1. The smallest absolute Gasteiger partial charge is 0.306 e. The minimum absolute atomic E-state index is 0.0465. The van der Waals surface area contributed by atoms with Crippen molar-refractivity contribution in [3.05, 3.63) is 0 Å². The van der Waals surface area contributed by atoms with Crippen LogP contribution < -0.4 is 0 Å². The molecule has 0 fully saturated rings. The van der Waals surface area contributed by atoms with E-state index in [1.165, 1.54) is 0 Å². The molecular weight excluding hydrogens is 220 g/mol. The molecule has 0 rings (SSSR count). The average molecular weight is 248 g/mol. The van der Waals surface area contributed by atoms with Crippen LogP contribution in [-0.4, -0.2) is 34.5 Å². The van der Waals surface area contributed by atoms with Gasteiger partial charge in [-0.05, 0) is 31.1 Å². The first-order chi connectivity index (χ1) is 7.86. The molecule has 0 saturated carbocycles. The molecule has 0 aliphatic rings. The van der Waals surface area contributed by atoms with Crippen molar-refractivity contribution >= 4 is 5.97 Å². The summed E-state index contributed by atoms with van der Waals surface area (Å²) in [6.07, 6.45) is 2.46. The van der Waals surface area contributed by atoms with Crippen LogP contribution >= 0.6 is 0 Å². The van der Waals surface area contributed by atoms with Crippen molar-refractivity contribution in [1.82, 2.24) is 0 Å². The zero-order valence-corrected chi connectivity index (χ0v) is 11.5. The normalized spacial score (nSPS) is 12.2. The molecule has 0 heterocycles. The lowest BCUT2D eigenvalue weighted by Gasteiger charge is -2.13. The fourth-order valence-corrected chi connectivity index (χ4v) is 1.38. The lowest BCUT2D eigenvalue weighted by Crippen LogP contribution is -2.20. The summed E-state index contributed by atoms with van der Waals surface area (Å²) in [5, 5.41) is 25.3. The number of aliphatic hydroxyl groups is 2. The second-order valence-corrected chi connectivity index (χ2v) is 4.96. The van der Waals surface area contributed by atoms with Crippen molar-refractivity contribution < 1.29 is 20.1 Å². The quantitative estimate of drug-likeness (QED) is 0.645. The van der Waals surface area contributed by atoms with Crippen LogP contribution in [0.25, 0.3) is 0 Å². The van der Waals surface area contributed by atoms with Gasteiger partial charge < -0.3 is 15.3 Å². The molecule has 0 radical (unpaired) electrons. The molecule has 0 saturated heterocycles.